The number of nitrogens with zero attached hydrogens (tertiary/aromatic N) is 2. The zero-order chi connectivity index (χ0) is 27.3. The molecule has 1 atom stereocenters. The maximum Gasteiger partial charge on any atom is 0.251 e. The van der Waals surface area contributed by atoms with Crippen LogP contribution in [0, 0.1) is 5.82 Å². The smallest absolute Gasteiger partial charge is 0.251 e. The summed E-state index contributed by atoms with van der Waals surface area (Å²) in [6.07, 6.45) is 5.78. The average Bonchev–Trinajstić information content (AvgIpc) is 3.38. The van der Waals surface area contributed by atoms with E-state index < -0.39 is 0 Å². The van der Waals surface area contributed by atoms with Gasteiger partial charge in [-0.2, -0.15) is 0 Å². The van der Waals surface area contributed by atoms with E-state index in [1.807, 2.05) is 12.1 Å². The number of hydrogen-bond acceptors (Lipinski definition) is 6. The molecule has 1 unspecified atom stereocenters. The first-order valence-electron chi connectivity index (χ1n) is 13.3. The van der Waals surface area contributed by atoms with E-state index >= 15 is 0 Å². The molecule has 206 valence electrons. The van der Waals surface area contributed by atoms with Gasteiger partial charge in [0.15, 0.2) is 0 Å². The predicted octanol–water partition coefficient (Wildman–Crippen LogP) is 3.72. The third-order valence-electron chi connectivity index (χ3n) is 6.43. The summed E-state index contributed by atoms with van der Waals surface area (Å²) in [4.78, 5) is 30.6. The molecule has 0 spiro atoms. The van der Waals surface area contributed by atoms with Crippen LogP contribution in [0.4, 0.5) is 4.39 Å². The molecule has 2 heterocycles. The quantitative estimate of drug-likeness (QED) is 0.307. The van der Waals surface area contributed by atoms with Crippen LogP contribution in [0.3, 0.4) is 0 Å². The van der Waals surface area contributed by atoms with Gasteiger partial charge in [0.05, 0.1) is 13.2 Å². The molecule has 1 aliphatic heterocycles. The van der Waals surface area contributed by atoms with Crippen molar-refractivity contribution in [2.45, 2.75) is 38.5 Å². The van der Waals surface area contributed by atoms with Crippen molar-refractivity contribution >= 4 is 11.8 Å². The lowest BCUT2D eigenvalue weighted by Crippen LogP contribution is -2.36. The first-order chi connectivity index (χ1) is 19.0. The topological polar surface area (TPSA) is 92.8 Å². The van der Waals surface area contributed by atoms with Crippen LogP contribution in [-0.2, 0) is 22.7 Å². The SMILES string of the molecule is O=C(COCc1ccc(F)cc1)NCCCCOc1cccc(CN2CCC(NC(=O)c3ccncc3)C2)c1. The zero-order valence-corrected chi connectivity index (χ0v) is 22.0. The highest BCUT2D eigenvalue weighted by atomic mass is 19.1. The maximum absolute atomic E-state index is 12.9. The Morgan fingerprint density at radius 3 is 2.67 bits per heavy atom. The van der Waals surface area contributed by atoms with E-state index in [0.717, 1.165) is 50.2 Å². The molecular formula is C30H35FN4O4. The number of benzene rings is 2. The Morgan fingerprint density at radius 2 is 1.85 bits per heavy atom. The zero-order valence-electron chi connectivity index (χ0n) is 22.0. The number of ether oxygens (including phenoxy) is 2. The highest BCUT2D eigenvalue weighted by Gasteiger charge is 2.24. The van der Waals surface area contributed by atoms with E-state index in [0.29, 0.717) is 18.7 Å². The largest absolute Gasteiger partial charge is 0.494 e. The molecule has 9 heteroatoms. The molecule has 2 aromatic carbocycles. The van der Waals surface area contributed by atoms with E-state index in [9.17, 15) is 14.0 Å². The number of pyridine rings is 1. The minimum absolute atomic E-state index is 0.0322. The molecule has 1 saturated heterocycles. The Morgan fingerprint density at radius 1 is 1.03 bits per heavy atom. The van der Waals surface area contributed by atoms with Crippen LogP contribution in [0.2, 0.25) is 0 Å². The minimum atomic E-state index is -0.297. The number of nitrogens with one attached hydrogen (secondary N) is 2. The first-order valence-corrected chi connectivity index (χ1v) is 13.3. The fourth-order valence-electron chi connectivity index (χ4n) is 4.40. The monoisotopic (exact) mass is 534 g/mol. The van der Waals surface area contributed by atoms with E-state index in [2.05, 4.69) is 32.7 Å². The normalized spacial score (nSPS) is 15.2. The third kappa shape index (κ3) is 9.77. The van der Waals surface area contributed by atoms with Gasteiger partial charge in [-0.15, -0.1) is 0 Å². The second-order valence-electron chi connectivity index (χ2n) is 9.60. The maximum atomic E-state index is 12.9. The van der Waals surface area contributed by atoms with Crippen LogP contribution >= 0.6 is 0 Å². The van der Waals surface area contributed by atoms with Crippen molar-refractivity contribution < 1.29 is 23.5 Å². The van der Waals surface area contributed by atoms with Gasteiger partial charge in [-0.1, -0.05) is 24.3 Å². The molecule has 39 heavy (non-hydrogen) atoms. The average molecular weight is 535 g/mol. The van der Waals surface area contributed by atoms with Gasteiger partial charge in [0.2, 0.25) is 5.91 Å². The summed E-state index contributed by atoms with van der Waals surface area (Å²) in [6.45, 7) is 3.88. The Bertz CT molecular complexity index is 1190. The second-order valence-corrected chi connectivity index (χ2v) is 9.60. The molecular weight excluding hydrogens is 499 g/mol. The Labute approximate surface area is 228 Å². The van der Waals surface area contributed by atoms with Crippen LogP contribution < -0.4 is 15.4 Å². The number of carbonyl (C=O) groups excluding carboxylic acids is 2. The fourth-order valence-corrected chi connectivity index (χ4v) is 4.40. The molecule has 8 nitrogen and oxygen atoms in total. The highest BCUT2D eigenvalue weighted by Crippen LogP contribution is 2.18. The van der Waals surface area contributed by atoms with Crippen LogP contribution in [0.1, 0.15) is 40.7 Å². The molecule has 0 bridgehead atoms. The molecule has 1 fully saturated rings. The van der Waals surface area contributed by atoms with Gasteiger partial charge in [-0.05, 0) is 66.8 Å². The summed E-state index contributed by atoms with van der Waals surface area (Å²) in [5, 5.41) is 5.95. The number of rotatable bonds is 14. The van der Waals surface area contributed by atoms with Crippen LogP contribution in [-0.4, -0.2) is 60.6 Å². The van der Waals surface area contributed by atoms with Crippen molar-refractivity contribution in [1.29, 1.82) is 0 Å². The van der Waals surface area contributed by atoms with Gasteiger partial charge >= 0.3 is 0 Å². The summed E-state index contributed by atoms with van der Waals surface area (Å²) in [5.74, 6) is 0.295. The van der Waals surface area contributed by atoms with Crippen molar-refractivity contribution in [3.8, 4) is 5.75 Å². The van der Waals surface area contributed by atoms with Crippen molar-refractivity contribution in [1.82, 2.24) is 20.5 Å². The molecule has 0 saturated carbocycles. The van der Waals surface area contributed by atoms with Crippen LogP contribution in [0.15, 0.2) is 73.1 Å². The Kier molecular flexibility index (Phi) is 10.8. The van der Waals surface area contributed by atoms with Gasteiger partial charge in [0.25, 0.3) is 5.91 Å². The van der Waals surface area contributed by atoms with Crippen molar-refractivity contribution in [2.75, 3.05) is 32.8 Å². The van der Waals surface area contributed by atoms with Crippen LogP contribution in [0.25, 0.3) is 0 Å². The lowest BCUT2D eigenvalue weighted by Gasteiger charge is -2.17. The summed E-state index contributed by atoms with van der Waals surface area (Å²) in [7, 11) is 0. The third-order valence-corrected chi connectivity index (χ3v) is 6.43. The van der Waals surface area contributed by atoms with Crippen molar-refractivity contribution in [3.63, 3.8) is 0 Å². The molecule has 0 aliphatic carbocycles. The van der Waals surface area contributed by atoms with E-state index in [1.54, 1.807) is 36.7 Å². The molecule has 4 rings (SSSR count). The fraction of sp³-hybridized carbons (Fsp3) is 0.367. The first kappa shape index (κ1) is 28.2. The summed E-state index contributed by atoms with van der Waals surface area (Å²) in [6, 6.07) is 17.7. The number of halogens is 1. The summed E-state index contributed by atoms with van der Waals surface area (Å²) in [5.41, 5.74) is 2.62. The number of unbranched alkanes of at least 4 members (excludes halogenated alkanes) is 1. The second kappa shape index (κ2) is 14.9. The Balaban J connectivity index is 1.07. The predicted molar refractivity (Wildman–Crippen MR) is 146 cm³/mol. The van der Waals surface area contributed by atoms with Gasteiger partial charge in [0, 0.05) is 50.2 Å². The van der Waals surface area contributed by atoms with Crippen molar-refractivity contribution in [3.05, 3.63) is 95.6 Å². The summed E-state index contributed by atoms with van der Waals surface area (Å²) >= 11 is 0. The van der Waals surface area contributed by atoms with Crippen molar-refractivity contribution in [2.24, 2.45) is 0 Å². The number of hydrogen-bond donors (Lipinski definition) is 2. The molecule has 0 radical (unpaired) electrons. The highest BCUT2D eigenvalue weighted by molar-refractivity contribution is 5.94. The van der Waals surface area contributed by atoms with E-state index in [-0.39, 0.29) is 36.9 Å². The lowest BCUT2D eigenvalue weighted by molar-refractivity contribution is -0.126. The lowest BCUT2D eigenvalue weighted by atomic mass is 10.2. The molecule has 3 aromatic rings. The van der Waals surface area contributed by atoms with Gasteiger partial charge in [0.1, 0.15) is 18.2 Å². The van der Waals surface area contributed by atoms with Gasteiger partial charge < -0.3 is 20.1 Å². The van der Waals surface area contributed by atoms with E-state index in [1.165, 1.54) is 17.7 Å². The number of carbonyl (C=O) groups is 2. The molecule has 1 aromatic heterocycles. The molecule has 2 amide bonds. The van der Waals surface area contributed by atoms with Gasteiger partial charge in [-0.3, -0.25) is 19.5 Å². The summed E-state index contributed by atoms with van der Waals surface area (Å²) < 4.78 is 24.2. The Hall–Kier alpha value is -3.82. The standard InChI is InChI=1S/C30H35FN4O4/c31-26-8-6-23(7-9-26)21-38-22-29(36)33-13-1-2-17-39-28-5-3-4-24(18-28)19-35-16-12-27(20-35)34-30(37)25-10-14-32-15-11-25/h3-11,14-15,18,27H,1-2,12-13,16-17,19-22H2,(H,33,36)(H,34,37). The van der Waals surface area contributed by atoms with Gasteiger partial charge in [-0.25, -0.2) is 4.39 Å². The number of likely N-dealkylation sites (tertiary alicyclic amines) is 1. The van der Waals surface area contributed by atoms with E-state index in [4.69, 9.17) is 9.47 Å². The van der Waals surface area contributed by atoms with Crippen LogP contribution in [0.5, 0.6) is 5.75 Å². The minimum Gasteiger partial charge on any atom is -0.494 e. The molecule has 2 N–H and O–H groups in total. The molecule has 1 aliphatic rings. The number of aromatic nitrogens is 1. The number of amides is 2.